The van der Waals surface area contributed by atoms with Crippen molar-refractivity contribution in [2.75, 3.05) is 13.1 Å². The average Bonchev–Trinajstić information content (AvgIpc) is 2.51. The third-order valence-electron chi connectivity index (χ3n) is 3.16. The van der Waals surface area contributed by atoms with Gasteiger partial charge in [0, 0.05) is 0 Å². The van der Waals surface area contributed by atoms with Crippen LogP contribution < -0.4 is 20.8 Å². The molecule has 0 atom stereocenters. The van der Waals surface area contributed by atoms with Crippen LogP contribution in [0.3, 0.4) is 0 Å². The maximum absolute atomic E-state index is 5.55. The molecule has 0 saturated carbocycles. The fourth-order valence-electron chi connectivity index (χ4n) is 2.00. The summed E-state index contributed by atoms with van der Waals surface area (Å²) in [7, 11) is 0.187. The molecule has 4 nitrogen and oxygen atoms in total. The van der Waals surface area contributed by atoms with Crippen molar-refractivity contribution in [2.45, 2.75) is 12.8 Å². The molecule has 0 amide bonds. The first kappa shape index (κ1) is 15.4. The van der Waals surface area contributed by atoms with Gasteiger partial charge in [0.25, 0.3) is 0 Å². The molecular formula is C16H21BN2O2. The van der Waals surface area contributed by atoms with Gasteiger partial charge < -0.3 is 20.8 Å². The Morgan fingerprint density at radius 2 is 1.05 bits per heavy atom. The van der Waals surface area contributed by atoms with E-state index in [-0.39, 0.29) is 7.69 Å². The largest absolute Gasteiger partial charge is 0.576 e. The maximum atomic E-state index is 5.55. The van der Waals surface area contributed by atoms with Gasteiger partial charge in [0.2, 0.25) is 0 Å². The van der Waals surface area contributed by atoms with Crippen molar-refractivity contribution < 1.29 is 9.31 Å². The third kappa shape index (κ3) is 5.13. The predicted molar refractivity (Wildman–Crippen MR) is 86.8 cm³/mol. The molecule has 0 heterocycles. The molecular weight excluding hydrogens is 263 g/mol. The Labute approximate surface area is 126 Å². The quantitative estimate of drug-likeness (QED) is 0.719. The Morgan fingerprint density at radius 3 is 1.38 bits per heavy atom. The Bertz CT molecular complexity index is 479. The lowest BCUT2D eigenvalue weighted by molar-refractivity contribution is 0.459. The van der Waals surface area contributed by atoms with Crippen LogP contribution in [0.25, 0.3) is 0 Å². The fraction of sp³-hybridized carbons (Fsp3) is 0.250. The van der Waals surface area contributed by atoms with Gasteiger partial charge in [0.1, 0.15) is 11.5 Å². The molecule has 4 N–H and O–H groups in total. The monoisotopic (exact) mass is 284 g/mol. The van der Waals surface area contributed by atoms with Crippen LogP contribution in [0.4, 0.5) is 0 Å². The minimum absolute atomic E-state index is 0.187. The van der Waals surface area contributed by atoms with Gasteiger partial charge in [-0.25, -0.2) is 0 Å². The first-order valence-corrected chi connectivity index (χ1v) is 7.15. The molecule has 5 heteroatoms. The number of hydrogen-bond acceptors (Lipinski definition) is 4. The molecule has 21 heavy (non-hydrogen) atoms. The highest BCUT2D eigenvalue weighted by molar-refractivity contribution is 6.20. The Balaban J connectivity index is 1.78. The molecule has 0 unspecified atom stereocenters. The molecule has 2 aromatic carbocycles. The molecule has 2 aromatic rings. The summed E-state index contributed by atoms with van der Waals surface area (Å²) in [4.78, 5) is 0. The van der Waals surface area contributed by atoms with Gasteiger partial charge in [-0.05, 0) is 61.3 Å². The van der Waals surface area contributed by atoms with Crippen molar-refractivity contribution in [3.8, 4) is 11.5 Å². The summed E-state index contributed by atoms with van der Waals surface area (Å²) in [6.45, 7) is 1.31. The summed E-state index contributed by atoms with van der Waals surface area (Å²) < 4.78 is 11.1. The lowest BCUT2D eigenvalue weighted by Crippen LogP contribution is -2.11. The molecule has 0 aliphatic heterocycles. The third-order valence-corrected chi connectivity index (χ3v) is 3.16. The van der Waals surface area contributed by atoms with E-state index in [0.717, 1.165) is 24.3 Å². The molecule has 0 aliphatic rings. The van der Waals surface area contributed by atoms with Gasteiger partial charge in [0.05, 0.1) is 0 Å². The lowest BCUT2D eigenvalue weighted by Gasteiger charge is -2.08. The van der Waals surface area contributed by atoms with Gasteiger partial charge in [-0.15, -0.1) is 0 Å². The van der Waals surface area contributed by atoms with E-state index >= 15 is 0 Å². The van der Waals surface area contributed by atoms with Crippen molar-refractivity contribution in [2.24, 2.45) is 11.5 Å². The van der Waals surface area contributed by atoms with Crippen molar-refractivity contribution >= 4 is 7.69 Å². The van der Waals surface area contributed by atoms with Crippen molar-refractivity contribution in [3.05, 3.63) is 59.7 Å². The predicted octanol–water partition coefficient (Wildman–Crippen LogP) is 1.41. The van der Waals surface area contributed by atoms with E-state index in [9.17, 15) is 0 Å². The van der Waals surface area contributed by atoms with E-state index in [2.05, 4.69) is 0 Å². The zero-order valence-corrected chi connectivity index (χ0v) is 12.1. The van der Waals surface area contributed by atoms with Crippen LogP contribution in [-0.2, 0) is 12.8 Å². The molecule has 0 spiro atoms. The van der Waals surface area contributed by atoms with E-state index in [1.165, 1.54) is 11.1 Å². The Hall–Kier alpha value is -1.98. The second-order valence-electron chi connectivity index (χ2n) is 4.77. The smallest absolute Gasteiger partial charge is 0.529 e. The van der Waals surface area contributed by atoms with Crippen LogP contribution in [0.15, 0.2) is 48.5 Å². The number of hydrogen-bond donors (Lipinski definition) is 2. The highest BCUT2D eigenvalue weighted by Crippen LogP contribution is 2.14. The first-order valence-electron chi connectivity index (χ1n) is 7.15. The summed E-state index contributed by atoms with van der Waals surface area (Å²) in [6, 6.07) is 15.8. The standard InChI is InChI=1S/C16H21BN2O2/c18-11-9-13-1-5-15(6-2-13)20-17-21-16-7-3-14(4-8-16)10-12-19/h1-8,17H,9-12,18-19H2. The first-order chi connectivity index (χ1) is 10.3. The van der Waals surface area contributed by atoms with Crippen LogP contribution in [0.2, 0.25) is 0 Å². The normalized spacial score (nSPS) is 10.2. The molecule has 0 radical (unpaired) electrons. The molecule has 0 saturated heterocycles. The van der Waals surface area contributed by atoms with Crippen LogP contribution in [0.1, 0.15) is 11.1 Å². The van der Waals surface area contributed by atoms with E-state index in [4.69, 9.17) is 20.8 Å². The Kier molecular flexibility index (Phi) is 6.12. The molecule has 110 valence electrons. The van der Waals surface area contributed by atoms with Gasteiger partial charge in [-0.3, -0.25) is 0 Å². The van der Waals surface area contributed by atoms with E-state index < -0.39 is 0 Å². The highest BCUT2D eigenvalue weighted by atomic mass is 16.6. The van der Waals surface area contributed by atoms with Crippen molar-refractivity contribution in [1.29, 1.82) is 0 Å². The molecule has 2 rings (SSSR count). The minimum Gasteiger partial charge on any atom is -0.529 e. The molecule has 0 fully saturated rings. The molecule has 0 aromatic heterocycles. The summed E-state index contributed by atoms with van der Waals surface area (Å²) in [5.74, 6) is 1.58. The summed E-state index contributed by atoms with van der Waals surface area (Å²) in [6.07, 6.45) is 1.76. The number of nitrogens with two attached hydrogens (primary N) is 2. The minimum atomic E-state index is 0.187. The topological polar surface area (TPSA) is 70.5 Å². The van der Waals surface area contributed by atoms with Gasteiger partial charge >= 0.3 is 7.69 Å². The highest BCUT2D eigenvalue weighted by Gasteiger charge is 2.00. The number of benzene rings is 2. The second-order valence-corrected chi connectivity index (χ2v) is 4.77. The SMILES string of the molecule is NCCc1ccc(OBOc2ccc(CCN)cc2)cc1. The fourth-order valence-corrected chi connectivity index (χ4v) is 2.00. The van der Waals surface area contributed by atoms with Crippen molar-refractivity contribution in [1.82, 2.24) is 0 Å². The molecule has 0 bridgehead atoms. The van der Waals surface area contributed by atoms with E-state index in [1.807, 2.05) is 48.5 Å². The van der Waals surface area contributed by atoms with Crippen LogP contribution in [0, 0.1) is 0 Å². The summed E-state index contributed by atoms with van der Waals surface area (Å²) in [5.41, 5.74) is 13.4. The lowest BCUT2D eigenvalue weighted by atomic mass is 10.1. The van der Waals surface area contributed by atoms with Crippen LogP contribution in [0.5, 0.6) is 11.5 Å². The van der Waals surface area contributed by atoms with Gasteiger partial charge in [-0.2, -0.15) is 0 Å². The molecule has 0 aliphatic carbocycles. The van der Waals surface area contributed by atoms with Gasteiger partial charge in [0.15, 0.2) is 0 Å². The maximum Gasteiger partial charge on any atom is 0.576 e. The van der Waals surface area contributed by atoms with Gasteiger partial charge in [-0.1, -0.05) is 24.3 Å². The average molecular weight is 284 g/mol. The van der Waals surface area contributed by atoms with Crippen molar-refractivity contribution in [3.63, 3.8) is 0 Å². The second kappa shape index (κ2) is 8.34. The van der Waals surface area contributed by atoms with E-state index in [0.29, 0.717) is 13.1 Å². The Morgan fingerprint density at radius 1 is 0.667 bits per heavy atom. The summed E-state index contributed by atoms with van der Waals surface area (Å²) in [5, 5.41) is 0. The zero-order chi connectivity index (χ0) is 14.9. The van der Waals surface area contributed by atoms with Crippen LogP contribution >= 0.6 is 0 Å². The van der Waals surface area contributed by atoms with E-state index in [1.54, 1.807) is 0 Å². The van der Waals surface area contributed by atoms with Crippen LogP contribution in [-0.4, -0.2) is 20.8 Å². The zero-order valence-electron chi connectivity index (χ0n) is 12.1. The number of rotatable bonds is 8. The summed E-state index contributed by atoms with van der Waals surface area (Å²) >= 11 is 0.